The average Bonchev–Trinajstić information content (AvgIpc) is 2.60. The summed E-state index contributed by atoms with van der Waals surface area (Å²) in [5.41, 5.74) is 4.78. The number of allylic oxidation sites excluding steroid dienone is 1. The van der Waals surface area contributed by atoms with Crippen LogP contribution in [0.15, 0.2) is 60.8 Å². The van der Waals surface area contributed by atoms with Crippen LogP contribution in [0.25, 0.3) is 18.2 Å². The van der Waals surface area contributed by atoms with Crippen molar-refractivity contribution in [1.29, 1.82) is 0 Å². The van der Waals surface area contributed by atoms with E-state index in [0.717, 1.165) is 12.1 Å². The maximum atomic E-state index is 4.01. The Morgan fingerprint density at radius 3 is 2.71 bits per heavy atom. The summed E-state index contributed by atoms with van der Waals surface area (Å²) in [5.74, 6) is 0.611. The molecule has 0 aliphatic heterocycles. The number of likely N-dealkylation sites (N-methyl/N-ethyl adjacent to an activating group) is 1. The molecule has 2 aromatic rings. The topological polar surface area (TPSA) is 3.24 Å². The van der Waals surface area contributed by atoms with Crippen molar-refractivity contribution < 1.29 is 0 Å². The van der Waals surface area contributed by atoms with Gasteiger partial charge in [-0.3, -0.25) is 0 Å². The Hall–Kier alpha value is -2.54. The van der Waals surface area contributed by atoms with E-state index >= 15 is 0 Å². The van der Waals surface area contributed by atoms with Gasteiger partial charge in [0, 0.05) is 18.4 Å². The Balaban J connectivity index is 2.00. The van der Waals surface area contributed by atoms with Gasteiger partial charge < -0.3 is 4.90 Å². The van der Waals surface area contributed by atoms with Crippen molar-refractivity contribution in [2.75, 3.05) is 11.9 Å². The number of anilines is 1. The van der Waals surface area contributed by atoms with Crippen LogP contribution >= 0.6 is 0 Å². The van der Waals surface area contributed by atoms with E-state index in [1.165, 1.54) is 27.3 Å². The summed E-state index contributed by atoms with van der Waals surface area (Å²) in [6.07, 6.45) is 9.95. The Morgan fingerprint density at radius 2 is 1.96 bits per heavy atom. The zero-order valence-corrected chi connectivity index (χ0v) is 14.8. The molecule has 0 heterocycles. The zero-order chi connectivity index (χ0) is 17.1. The number of benzene rings is 2. The first-order valence-electron chi connectivity index (χ1n) is 8.54. The van der Waals surface area contributed by atoms with E-state index in [9.17, 15) is 0 Å². The van der Waals surface area contributed by atoms with Crippen LogP contribution in [0.5, 0.6) is 0 Å². The lowest BCUT2D eigenvalue weighted by molar-refractivity contribution is 0.800. The van der Waals surface area contributed by atoms with Crippen LogP contribution in [0.4, 0.5) is 5.69 Å². The monoisotopic (exact) mass is 315 g/mol. The molecule has 0 saturated heterocycles. The molecule has 1 aliphatic carbocycles. The third-order valence-corrected chi connectivity index (χ3v) is 4.72. The second kappa shape index (κ2) is 6.92. The molecule has 1 unspecified atom stereocenters. The SMILES string of the molecule is C=C/C(=C\c1ccccc1C)N(C)c1ccc2c(c1)=CC(C)CC=2. The minimum atomic E-state index is 0.611. The summed E-state index contributed by atoms with van der Waals surface area (Å²) in [6.45, 7) is 8.41. The molecule has 0 fully saturated rings. The first-order valence-corrected chi connectivity index (χ1v) is 8.54. The lowest BCUT2D eigenvalue weighted by atomic mass is 9.99. The second-order valence-corrected chi connectivity index (χ2v) is 6.59. The molecule has 0 amide bonds. The third-order valence-electron chi connectivity index (χ3n) is 4.72. The highest BCUT2D eigenvalue weighted by Gasteiger charge is 2.07. The smallest absolute Gasteiger partial charge is 0.0414 e. The molecule has 0 N–H and O–H groups in total. The van der Waals surface area contributed by atoms with Crippen molar-refractivity contribution in [2.24, 2.45) is 5.92 Å². The van der Waals surface area contributed by atoms with E-state index in [0.29, 0.717) is 5.92 Å². The molecule has 0 bridgehead atoms. The molecule has 122 valence electrons. The molecule has 1 nitrogen and oxygen atoms in total. The summed E-state index contributed by atoms with van der Waals surface area (Å²) in [4.78, 5) is 2.20. The van der Waals surface area contributed by atoms with E-state index in [1.54, 1.807) is 0 Å². The number of rotatable bonds is 4. The molecule has 0 aromatic heterocycles. The average molecular weight is 315 g/mol. The fourth-order valence-corrected chi connectivity index (χ4v) is 3.14. The van der Waals surface area contributed by atoms with Gasteiger partial charge in [0.15, 0.2) is 0 Å². The largest absolute Gasteiger partial charge is 0.345 e. The molecular weight excluding hydrogens is 290 g/mol. The summed E-state index contributed by atoms with van der Waals surface area (Å²) in [6, 6.07) is 15.1. The maximum Gasteiger partial charge on any atom is 0.0414 e. The second-order valence-electron chi connectivity index (χ2n) is 6.59. The molecule has 0 spiro atoms. The van der Waals surface area contributed by atoms with E-state index in [2.05, 4.69) is 93.1 Å². The molecule has 1 atom stereocenters. The number of aryl methyl sites for hydroxylation is 1. The molecule has 1 aliphatic rings. The summed E-state index contributed by atoms with van der Waals surface area (Å²) >= 11 is 0. The Labute approximate surface area is 144 Å². The van der Waals surface area contributed by atoms with Crippen molar-refractivity contribution >= 4 is 23.9 Å². The van der Waals surface area contributed by atoms with Crippen molar-refractivity contribution in [3.8, 4) is 0 Å². The first-order chi connectivity index (χ1) is 11.6. The predicted molar refractivity (Wildman–Crippen MR) is 106 cm³/mol. The molecular formula is C23H25N. The quantitative estimate of drug-likeness (QED) is 0.762. The highest BCUT2D eigenvalue weighted by Crippen LogP contribution is 2.20. The lowest BCUT2D eigenvalue weighted by Crippen LogP contribution is -2.29. The highest BCUT2D eigenvalue weighted by atomic mass is 15.1. The van der Waals surface area contributed by atoms with Gasteiger partial charge in [0.05, 0.1) is 0 Å². The van der Waals surface area contributed by atoms with Crippen molar-refractivity contribution in [1.82, 2.24) is 0 Å². The van der Waals surface area contributed by atoms with Crippen molar-refractivity contribution in [2.45, 2.75) is 20.3 Å². The van der Waals surface area contributed by atoms with Crippen LogP contribution < -0.4 is 15.3 Å². The third kappa shape index (κ3) is 3.35. The van der Waals surface area contributed by atoms with Crippen LogP contribution in [0.3, 0.4) is 0 Å². The molecule has 2 aromatic carbocycles. The van der Waals surface area contributed by atoms with Crippen LogP contribution in [-0.2, 0) is 0 Å². The Morgan fingerprint density at radius 1 is 1.17 bits per heavy atom. The van der Waals surface area contributed by atoms with Crippen LogP contribution in [0, 0.1) is 12.8 Å². The zero-order valence-electron chi connectivity index (χ0n) is 14.8. The number of hydrogen-bond donors (Lipinski definition) is 0. The van der Waals surface area contributed by atoms with Crippen LogP contribution in [-0.4, -0.2) is 7.05 Å². The van der Waals surface area contributed by atoms with Gasteiger partial charge in [-0.15, -0.1) is 0 Å². The molecule has 0 saturated carbocycles. The van der Waals surface area contributed by atoms with Gasteiger partial charge in [-0.25, -0.2) is 0 Å². The van der Waals surface area contributed by atoms with Crippen LogP contribution in [0.2, 0.25) is 0 Å². The van der Waals surface area contributed by atoms with Crippen molar-refractivity contribution in [3.05, 3.63) is 82.4 Å². The fourth-order valence-electron chi connectivity index (χ4n) is 3.14. The van der Waals surface area contributed by atoms with Gasteiger partial charge in [-0.1, -0.05) is 56.0 Å². The molecule has 3 rings (SSSR count). The Bertz CT molecular complexity index is 902. The normalized spacial score (nSPS) is 16.6. The van der Waals surface area contributed by atoms with E-state index < -0.39 is 0 Å². The lowest BCUT2D eigenvalue weighted by Gasteiger charge is -2.22. The summed E-state index contributed by atoms with van der Waals surface area (Å²) in [5, 5.41) is 2.67. The van der Waals surface area contributed by atoms with Gasteiger partial charge in [0.2, 0.25) is 0 Å². The number of hydrogen-bond acceptors (Lipinski definition) is 1. The number of nitrogens with zero attached hydrogens (tertiary/aromatic N) is 1. The number of fused-ring (bicyclic) bond motifs is 1. The molecule has 1 heteroatoms. The van der Waals surface area contributed by atoms with Gasteiger partial charge in [-0.05, 0) is 65.1 Å². The van der Waals surface area contributed by atoms with Gasteiger partial charge >= 0.3 is 0 Å². The van der Waals surface area contributed by atoms with Gasteiger partial charge in [-0.2, -0.15) is 0 Å². The summed E-state index contributed by atoms with van der Waals surface area (Å²) < 4.78 is 0. The molecule has 0 radical (unpaired) electrons. The fraction of sp³-hybridized carbons (Fsp3) is 0.217. The standard InChI is InChI=1S/C23H25N/c1-5-22(15-20-9-7-6-8-18(20)3)24(4)23-13-12-19-11-10-17(2)14-21(19)16-23/h5-9,11-17H,1,10H2,2-4H3/b22-15+. The Kier molecular flexibility index (Phi) is 4.71. The highest BCUT2D eigenvalue weighted by molar-refractivity contribution is 5.66. The minimum absolute atomic E-state index is 0.611. The van der Waals surface area contributed by atoms with Crippen molar-refractivity contribution in [3.63, 3.8) is 0 Å². The van der Waals surface area contributed by atoms with Crippen LogP contribution in [0.1, 0.15) is 24.5 Å². The first kappa shape index (κ1) is 16.3. The van der Waals surface area contributed by atoms with E-state index in [-0.39, 0.29) is 0 Å². The van der Waals surface area contributed by atoms with E-state index in [4.69, 9.17) is 0 Å². The minimum Gasteiger partial charge on any atom is -0.345 e. The van der Waals surface area contributed by atoms with Gasteiger partial charge in [0.25, 0.3) is 0 Å². The maximum absolute atomic E-state index is 4.01. The van der Waals surface area contributed by atoms with Gasteiger partial charge in [0.1, 0.15) is 0 Å². The molecule has 24 heavy (non-hydrogen) atoms. The summed E-state index contributed by atoms with van der Waals surface area (Å²) in [7, 11) is 2.10. The van der Waals surface area contributed by atoms with E-state index in [1.807, 2.05) is 6.08 Å². The predicted octanol–water partition coefficient (Wildman–Crippen LogP) is 4.26.